The highest BCUT2D eigenvalue weighted by molar-refractivity contribution is 6.05. The van der Waals surface area contributed by atoms with Gasteiger partial charge in [-0.3, -0.25) is 0 Å². The Labute approximate surface area is 255 Å². The minimum absolute atomic E-state index is 0.974. The van der Waals surface area contributed by atoms with Crippen molar-refractivity contribution in [3.63, 3.8) is 0 Å². The first-order chi connectivity index (χ1) is 21.8. The third-order valence-electron chi connectivity index (χ3n) is 8.00. The monoisotopic (exact) mass is 564 g/mol. The van der Waals surface area contributed by atoms with Crippen LogP contribution in [-0.2, 0) is 0 Å². The fourth-order valence-corrected chi connectivity index (χ4v) is 5.92. The Kier molecular flexibility index (Phi) is 6.43. The van der Waals surface area contributed by atoms with Crippen molar-refractivity contribution in [1.29, 1.82) is 0 Å². The summed E-state index contributed by atoms with van der Waals surface area (Å²) >= 11 is 0. The summed E-state index contributed by atoms with van der Waals surface area (Å²) in [5.74, 6) is 0. The predicted molar refractivity (Wildman–Crippen MR) is 180 cm³/mol. The highest BCUT2D eigenvalue weighted by atomic mass is 15.3. The molecule has 2 heterocycles. The minimum Gasteiger partial charge on any atom is -0.240 e. The minimum atomic E-state index is 0.974. The average molecular weight is 565 g/mol. The number of aromatic nitrogens is 4. The summed E-state index contributed by atoms with van der Waals surface area (Å²) in [6, 6.07) is 55.1. The first kappa shape index (κ1) is 25.7. The molecule has 0 amide bonds. The summed E-state index contributed by atoms with van der Waals surface area (Å²) in [4.78, 5) is 0. The van der Waals surface area contributed by atoms with Gasteiger partial charge in [0, 0.05) is 23.2 Å². The van der Waals surface area contributed by atoms with Crippen molar-refractivity contribution < 1.29 is 0 Å². The van der Waals surface area contributed by atoms with Crippen LogP contribution >= 0.6 is 0 Å². The van der Waals surface area contributed by atoms with Crippen LogP contribution in [0.1, 0.15) is 22.3 Å². The van der Waals surface area contributed by atoms with Gasteiger partial charge in [0.15, 0.2) is 0 Å². The van der Waals surface area contributed by atoms with E-state index in [0.717, 1.165) is 66.6 Å². The van der Waals surface area contributed by atoms with Crippen LogP contribution in [-0.4, -0.2) is 19.6 Å². The molecule has 2 aromatic heterocycles. The van der Waals surface area contributed by atoms with Crippen LogP contribution in [0.15, 0.2) is 170 Å². The van der Waals surface area contributed by atoms with Crippen molar-refractivity contribution >= 4 is 33.0 Å². The molecule has 0 atom stereocenters. The molecule has 44 heavy (non-hydrogen) atoms. The van der Waals surface area contributed by atoms with Gasteiger partial charge in [-0.25, -0.2) is 9.36 Å². The zero-order valence-corrected chi connectivity index (χ0v) is 24.0. The summed E-state index contributed by atoms with van der Waals surface area (Å²) in [5.41, 5.74) is 10.8. The summed E-state index contributed by atoms with van der Waals surface area (Å²) in [7, 11) is 0. The Morgan fingerprint density at radius 2 is 0.750 bits per heavy atom. The SMILES string of the molecule is c1ccc(C(=C(c2cccc(-n3cc4ccccc4n3)c2)c2cccc(-n3cc4ccccc4n3)c2)c2ccccc2)cc1. The Balaban J connectivity index is 1.38. The molecular weight excluding hydrogens is 536 g/mol. The Hall–Kier alpha value is -6.00. The van der Waals surface area contributed by atoms with Crippen molar-refractivity contribution in [2.24, 2.45) is 0 Å². The van der Waals surface area contributed by atoms with E-state index in [1.807, 2.05) is 45.8 Å². The summed E-state index contributed by atoms with van der Waals surface area (Å²) in [6.45, 7) is 0. The maximum Gasteiger partial charge on any atom is 0.0927 e. The van der Waals surface area contributed by atoms with Gasteiger partial charge in [-0.2, -0.15) is 10.2 Å². The van der Waals surface area contributed by atoms with Crippen molar-refractivity contribution in [3.05, 3.63) is 192 Å². The second-order valence-corrected chi connectivity index (χ2v) is 10.8. The van der Waals surface area contributed by atoms with Crippen LogP contribution in [0, 0.1) is 0 Å². The number of rotatable bonds is 6. The Morgan fingerprint density at radius 1 is 0.364 bits per heavy atom. The Bertz CT molecular complexity index is 2050. The van der Waals surface area contributed by atoms with Gasteiger partial charge < -0.3 is 0 Å². The third kappa shape index (κ3) is 4.79. The van der Waals surface area contributed by atoms with Gasteiger partial charge in [0.1, 0.15) is 0 Å². The number of nitrogens with zero attached hydrogens (tertiary/aromatic N) is 4. The standard InChI is InChI=1S/C40H28N4/c1-3-13-29(14-4-1)39(30-15-5-2-6-16-30)40(31-19-11-21-35(25-31)43-27-33-17-7-9-23-37(33)41-43)32-20-12-22-36(26-32)44-28-34-18-8-10-24-38(34)42-44/h1-28H. The molecule has 4 nitrogen and oxygen atoms in total. The van der Waals surface area contributed by atoms with E-state index in [1.54, 1.807) is 0 Å². The summed E-state index contributed by atoms with van der Waals surface area (Å²) in [6.07, 6.45) is 4.19. The predicted octanol–water partition coefficient (Wildman–Crippen LogP) is 9.37. The fourth-order valence-electron chi connectivity index (χ4n) is 5.92. The third-order valence-corrected chi connectivity index (χ3v) is 8.00. The molecule has 0 radical (unpaired) electrons. The number of hydrogen-bond acceptors (Lipinski definition) is 2. The van der Waals surface area contributed by atoms with Crippen LogP contribution in [0.2, 0.25) is 0 Å². The lowest BCUT2D eigenvalue weighted by molar-refractivity contribution is 0.895. The van der Waals surface area contributed by atoms with E-state index in [9.17, 15) is 0 Å². The average Bonchev–Trinajstić information content (AvgIpc) is 3.73. The molecule has 6 aromatic carbocycles. The van der Waals surface area contributed by atoms with Crippen LogP contribution in [0.3, 0.4) is 0 Å². The van der Waals surface area contributed by atoms with Crippen LogP contribution in [0.4, 0.5) is 0 Å². The highest BCUT2D eigenvalue weighted by Crippen LogP contribution is 2.38. The first-order valence-electron chi connectivity index (χ1n) is 14.8. The summed E-state index contributed by atoms with van der Waals surface area (Å²) in [5, 5.41) is 12.0. The normalized spacial score (nSPS) is 11.2. The number of hydrogen-bond donors (Lipinski definition) is 0. The molecule has 0 bridgehead atoms. The molecule has 0 spiro atoms. The molecule has 0 aliphatic heterocycles. The topological polar surface area (TPSA) is 35.6 Å². The highest BCUT2D eigenvalue weighted by Gasteiger charge is 2.18. The van der Waals surface area contributed by atoms with Crippen LogP contribution in [0.5, 0.6) is 0 Å². The lowest BCUT2D eigenvalue weighted by Gasteiger charge is -2.19. The van der Waals surface area contributed by atoms with Gasteiger partial charge in [-0.1, -0.05) is 121 Å². The van der Waals surface area contributed by atoms with E-state index in [4.69, 9.17) is 10.2 Å². The molecule has 8 aromatic rings. The van der Waals surface area contributed by atoms with Gasteiger partial charge in [0.25, 0.3) is 0 Å². The molecule has 0 aliphatic carbocycles. The molecule has 208 valence electrons. The number of fused-ring (bicyclic) bond motifs is 2. The van der Waals surface area contributed by atoms with Gasteiger partial charge in [-0.15, -0.1) is 0 Å². The molecule has 0 saturated heterocycles. The van der Waals surface area contributed by atoms with E-state index in [2.05, 4.69) is 134 Å². The molecular formula is C40H28N4. The lowest BCUT2D eigenvalue weighted by atomic mass is 9.85. The first-order valence-corrected chi connectivity index (χ1v) is 14.8. The lowest BCUT2D eigenvalue weighted by Crippen LogP contribution is -2.01. The molecule has 0 unspecified atom stereocenters. The molecule has 4 heteroatoms. The van der Waals surface area contributed by atoms with E-state index >= 15 is 0 Å². The molecule has 8 rings (SSSR count). The fraction of sp³-hybridized carbons (Fsp3) is 0. The molecule has 0 N–H and O–H groups in total. The van der Waals surface area contributed by atoms with Crippen molar-refractivity contribution in [2.75, 3.05) is 0 Å². The summed E-state index contributed by atoms with van der Waals surface area (Å²) < 4.78 is 3.95. The van der Waals surface area contributed by atoms with Gasteiger partial charge in [0.2, 0.25) is 0 Å². The van der Waals surface area contributed by atoms with E-state index in [-0.39, 0.29) is 0 Å². The van der Waals surface area contributed by atoms with Crippen LogP contribution < -0.4 is 0 Å². The quantitative estimate of drug-likeness (QED) is 0.189. The maximum absolute atomic E-state index is 4.88. The van der Waals surface area contributed by atoms with Gasteiger partial charge in [-0.05, 0) is 69.8 Å². The van der Waals surface area contributed by atoms with Crippen molar-refractivity contribution in [2.45, 2.75) is 0 Å². The largest absolute Gasteiger partial charge is 0.240 e. The van der Waals surface area contributed by atoms with E-state index in [0.29, 0.717) is 0 Å². The molecule has 0 aliphatic rings. The molecule has 0 saturated carbocycles. The second kappa shape index (κ2) is 11.0. The maximum atomic E-state index is 4.88. The molecule has 0 fully saturated rings. The van der Waals surface area contributed by atoms with Crippen molar-refractivity contribution in [1.82, 2.24) is 19.6 Å². The van der Waals surface area contributed by atoms with E-state index in [1.165, 1.54) is 0 Å². The smallest absolute Gasteiger partial charge is 0.0927 e. The second-order valence-electron chi connectivity index (χ2n) is 10.8. The van der Waals surface area contributed by atoms with Crippen LogP contribution in [0.25, 0.3) is 44.3 Å². The zero-order chi connectivity index (χ0) is 29.3. The van der Waals surface area contributed by atoms with Crippen molar-refractivity contribution in [3.8, 4) is 11.4 Å². The Morgan fingerprint density at radius 3 is 1.20 bits per heavy atom. The zero-order valence-electron chi connectivity index (χ0n) is 24.0. The van der Waals surface area contributed by atoms with Gasteiger partial charge >= 0.3 is 0 Å². The van der Waals surface area contributed by atoms with E-state index < -0.39 is 0 Å². The van der Waals surface area contributed by atoms with Gasteiger partial charge in [0.05, 0.1) is 22.4 Å². The number of benzene rings is 6.